The summed E-state index contributed by atoms with van der Waals surface area (Å²) >= 11 is 0. The molecule has 4 heterocycles. The lowest BCUT2D eigenvalue weighted by atomic mass is 10.1. The van der Waals surface area contributed by atoms with Crippen LogP contribution in [-0.4, -0.2) is 41.6 Å². The molecule has 172 valence electrons. The molecule has 0 spiro atoms. The van der Waals surface area contributed by atoms with Crippen molar-refractivity contribution in [2.75, 3.05) is 17.2 Å². The van der Waals surface area contributed by atoms with Crippen molar-refractivity contribution >= 4 is 28.4 Å². The van der Waals surface area contributed by atoms with Crippen molar-refractivity contribution in [2.24, 2.45) is 0 Å². The zero-order chi connectivity index (χ0) is 23.5. The number of pyridine rings is 2. The van der Waals surface area contributed by atoms with E-state index in [4.69, 9.17) is 4.52 Å². The standard InChI is InChI=1S/C23H22N8O3/c1-2-31-21-15(22(33)30-31)8-9-19(29-21)28-20-10-17(16(11-24-20)23-25-13-26-34-23)27-18(12-32)14-6-4-3-5-7-14/h3-11,13,18,32H,2,12H2,1H3,(H,30,33)(H2,24,27,28,29)/t18-/m1/s1. The number of rotatable bonds is 8. The van der Waals surface area contributed by atoms with Gasteiger partial charge in [-0.25, -0.2) is 9.97 Å². The molecule has 34 heavy (non-hydrogen) atoms. The number of aromatic nitrogens is 6. The SMILES string of the molecule is CCn1[nH]c(=O)c2ccc(Nc3cc(N[C@H](CO)c4ccccc4)c(-c4ncno4)cn3)nc21. The highest BCUT2D eigenvalue weighted by Gasteiger charge is 2.17. The third-order valence-electron chi connectivity index (χ3n) is 5.39. The number of fused-ring (bicyclic) bond motifs is 1. The highest BCUT2D eigenvalue weighted by atomic mass is 16.5. The highest BCUT2D eigenvalue weighted by Crippen LogP contribution is 2.31. The van der Waals surface area contributed by atoms with Crippen molar-refractivity contribution in [3.8, 4) is 11.5 Å². The van der Waals surface area contributed by atoms with Crippen molar-refractivity contribution in [3.05, 3.63) is 77.0 Å². The predicted molar refractivity (Wildman–Crippen MR) is 127 cm³/mol. The summed E-state index contributed by atoms with van der Waals surface area (Å²) in [5, 5.41) is 23.5. The average molecular weight is 458 g/mol. The molecule has 4 N–H and O–H groups in total. The van der Waals surface area contributed by atoms with E-state index in [1.165, 1.54) is 6.33 Å². The number of aromatic amines is 1. The van der Waals surface area contributed by atoms with E-state index < -0.39 is 0 Å². The van der Waals surface area contributed by atoms with Gasteiger partial charge < -0.3 is 20.3 Å². The first-order valence-electron chi connectivity index (χ1n) is 10.7. The summed E-state index contributed by atoms with van der Waals surface area (Å²) in [6.45, 7) is 2.39. The summed E-state index contributed by atoms with van der Waals surface area (Å²) in [5.74, 6) is 1.33. The van der Waals surface area contributed by atoms with Crippen LogP contribution in [0.15, 0.2) is 70.4 Å². The van der Waals surface area contributed by atoms with E-state index in [1.54, 1.807) is 29.1 Å². The first-order chi connectivity index (χ1) is 16.7. The summed E-state index contributed by atoms with van der Waals surface area (Å²) in [5.41, 5.74) is 2.53. The molecule has 0 aliphatic rings. The molecule has 1 aromatic carbocycles. The van der Waals surface area contributed by atoms with Gasteiger partial charge in [0.2, 0.25) is 0 Å². The molecule has 0 saturated heterocycles. The maximum Gasteiger partial charge on any atom is 0.273 e. The predicted octanol–water partition coefficient (Wildman–Crippen LogP) is 3.08. The van der Waals surface area contributed by atoms with Gasteiger partial charge in [-0.05, 0) is 24.6 Å². The van der Waals surface area contributed by atoms with Crippen molar-refractivity contribution in [2.45, 2.75) is 19.5 Å². The van der Waals surface area contributed by atoms with Gasteiger partial charge >= 0.3 is 0 Å². The van der Waals surface area contributed by atoms with E-state index in [-0.39, 0.29) is 18.2 Å². The number of hydrogen-bond donors (Lipinski definition) is 4. The second-order valence-corrected chi connectivity index (χ2v) is 7.53. The van der Waals surface area contributed by atoms with Gasteiger partial charge in [0.15, 0.2) is 12.0 Å². The van der Waals surface area contributed by atoms with Gasteiger partial charge in [0.25, 0.3) is 11.4 Å². The monoisotopic (exact) mass is 458 g/mol. The Balaban J connectivity index is 1.50. The first kappa shape index (κ1) is 21.3. The van der Waals surface area contributed by atoms with Gasteiger partial charge in [-0.15, -0.1) is 0 Å². The van der Waals surface area contributed by atoms with Crippen molar-refractivity contribution < 1.29 is 9.63 Å². The molecule has 0 bridgehead atoms. The molecule has 0 unspecified atom stereocenters. The molecule has 0 radical (unpaired) electrons. The Morgan fingerprint density at radius 2 is 2.00 bits per heavy atom. The summed E-state index contributed by atoms with van der Waals surface area (Å²) in [7, 11) is 0. The normalized spacial score (nSPS) is 12.1. The summed E-state index contributed by atoms with van der Waals surface area (Å²) in [6, 6.07) is 14.5. The summed E-state index contributed by atoms with van der Waals surface area (Å²) in [6.07, 6.45) is 2.92. The van der Waals surface area contributed by atoms with Gasteiger partial charge in [0.05, 0.1) is 29.3 Å². The quantitative estimate of drug-likeness (QED) is 0.275. The van der Waals surface area contributed by atoms with Crippen LogP contribution in [0.2, 0.25) is 0 Å². The summed E-state index contributed by atoms with van der Waals surface area (Å²) in [4.78, 5) is 25.2. The summed E-state index contributed by atoms with van der Waals surface area (Å²) < 4.78 is 6.93. The van der Waals surface area contributed by atoms with E-state index in [1.807, 2.05) is 37.3 Å². The Morgan fingerprint density at radius 3 is 2.74 bits per heavy atom. The minimum absolute atomic E-state index is 0.126. The number of nitrogens with zero attached hydrogens (tertiary/aromatic N) is 5. The van der Waals surface area contributed by atoms with Crippen LogP contribution in [0.4, 0.5) is 17.3 Å². The Bertz CT molecular complexity index is 1460. The van der Waals surface area contributed by atoms with Gasteiger partial charge in [0, 0.05) is 18.8 Å². The number of nitrogens with one attached hydrogen (secondary N) is 3. The smallest absolute Gasteiger partial charge is 0.273 e. The molecule has 0 fully saturated rings. The van der Waals surface area contributed by atoms with E-state index >= 15 is 0 Å². The number of anilines is 3. The third kappa shape index (κ3) is 4.11. The maximum absolute atomic E-state index is 12.1. The lowest BCUT2D eigenvalue weighted by Gasteiger charge is -2.20. The van der Waals surface area contributed by atoms with Gasteiger partial charge in [-0.2, -0.15) is 4.98 Å². The number of hydrogen-bond acceptors (Lipinski definition) is 9. The minimum atomic E-state index is -0.369. The van der Waals surface area contributed by atoms with E-state index in [2.05, 4.69) is 35.8 Å². The van der Waals surface area contributed by atoms with E-state index in [0.717, 1.165) is 5.56 Å². The minimum Gasteiger partial charge on any atom is -0.394 e. The average Bonchev–Trinajstić information content (AvgIpc) is 3.51. The Morgan fingerprint density at radius 1 is 1.15 bits per heavy atom. The van der Waals surface area contributed by atoms with E-state index in [0.29, 0.717) is 46.4 Å². The van der Waals surface area contributed by atoms with Crippen LogP contribution >= 0.6 is 0 Å². The molecule has 4 aromatic heterocycles. The zero-order valence-corrected chi connectivity index (χ0v) is 18.3. The maximum atomic E-state index is 12.1. The number of aliphatic hydroxyl groups excluding tert-OH is 1. The Labute approximate surface area is 193 Å². The fourth-order valence-corrected chi connectivity index (χ4v) is 3.71. The molecule has 11 heteroatoms. The molecule has 1 atom stereocenters. The molecule has 0 aliphatic heterocycles. The van der Waals surface area contributed by atoms with Crippen molar-refractivity contribution in [1.82, 2.24) is 29.9 Å². The van der Waals surface area contributed by atoms with Crippen LogP contribution in [0.3, 0.4) is 0 Å². The van der Waals surface area contributed by atoms with Crippen LogP contribution in [0, 0.1) is 0 Å². The molecule has 5 aromatic rings. The molecular weight excluding hydrogens is 436 g/mol. The number of benzene rings is 1. The number of aryl methyl sites for hydroxylation is 1. The van der Waals surface area contributed by atoms with Crippen molar-refractivity contribution in [1.29, 1.82) is 0 Å². The molecule has 0 aliphatic carbocycles. The second-order valence-electron chi connectivity index (χ2n) is 7.53. The van der Waals surface area contributed by atoms with Crippen LogP contribution in [0.25, 0.3) is 22.5 Å². The molecule has 0 amide bonds. The molecule has 11 nitrogen and oxygen atoms in total. The van der Waals surface area contributed by atoms with Crippen LogP contribution < -0.4 is 16.2 Å². The van der Waals surface area contributed by atoms with Gasteiger partial charge in [0.1, 0.15) is 11.6 Å². The second kappa shape index (κ2) is 9.16. The Kier molecular flexibility index (Phi) is 5.75. The lowest BCUT2D eigenvalue weighted by molar-refractivity contribution is 0.276. The van der Waals surface area contributed by atoms with Crippen molar-refractivity contribution in [3.63, 3.8) is 0 Å². The molecular formula is C23H22N8O3. The van der Waals surface area contributed by atoms with Gasteiger partial charge in [-0.1, -0.05) is 35.5 Å². The molecule has 0 saturated carbocycles. The Hall–Kier alpha value is -4.51. The number of H-pyrrole nitrogens is 1. The fourth-order valence-electron chi connectivity index (χ4n) is 3.71. The first-order valence-corrected chi connectivity index (χ1v) is 10.7. The molecule has 5 rings (SSSR count). The largest absolute Gasteiger partial charge is 0.394 e. The topological polar surface area (TPSA) is 147 Å². The van der Waals surface area contributed by atoms with Crippen LogP contribution in [0.5, 0.6) is 0 Å². The zero-order valence-electron chi connectivity index (χ0n) is 18.3. The third-order valence-corrected chi connectivity index (χ3v) is 5.39. The van der Waals surface area contributed by atoms with Crippen LogP contribution in [0.1, 0.15) is 18.5 Å². The highest BCUT2D eigenvalue weighted by molar-refractivity contribution is 5.78. The van der Waals surface area contributed by atoms with Gasteiger partial charge in [-0.3, -0.25) is 14.6 Å². The lowest BCUT2D eigenvalue weighted by Crippen LogP contribution is -2.15. The van der Waals surface area contributed by atoms with E-state index in [9.17, 15) is 9.90 Å². The number of aliphatic hydroxyl groups is 1. The fraction of sp³-hybridized carbons (Fsp3) is 0.174. The van der Waals surface area contributed by atoms with Crippen LogP contribution in [-0.2, 0) is 6.54 Å².